The summed E-state index contributed by atoms with van der Waals surface area (Å²) in [6.45, 7) is 6.26. The molecule has 0 heterocycles. The molecule has 1 saturated carbocycles. The zero-order valence-electron chi connectivity index (χ0n) is 15.2. The van der Waals surface area contributed by atoms with Gasteiger partial charge in [0.05, 0.1) is 0 Å². The molecule has 1 aliphatic rings. The van der Waals surface area contributed by atoms with Crippen molar-refractivity contribution in [2.45, 2.75) is 39.5 Å². The van der Waals surface area contributed by atoms with Gasteiger partial charge >= 0.3 is 0 Å². The summed E-state index contributed by atoms with van der Waals surface area (Å²) in [6.07, 6.45) is 1.02. The van der Waals surface area contributed by atoms with Crippen LogP contribution in [-0.4, -0.2) is 11.8 Å². The van der Waals surface area contributed by atoms with Crippen LogP contribution in [0.5, 0.6) is 0 Å². The van der Waals surface area contributed by atoms with Crippen molar-refractivity contribution in [2.24, 2.45) is 5.41 Å². The standard InChI is InChI=1S/C21H23FN2O2/c1-13(2)18-9-8-17(12-14(18)3)24-20(26)21(10-11-21)19(25)23-16-6-4-15(22)5-7-16/h4-9,12-13H,10-11H2,1-3H3,(H,23,25)(H,24,26). The number of carbonyl (C=O) groups excluding carboxylic acids is 2. The van der Waals surface area contributed by atoms with Crippen LogP contribution in [0.2, 0.25) is 0 Å². The van der Waals surface area contributed by atoms with Gasteiger partial charge in [0.2, 0.25) is 11.8 Å². The van der Waals surface area contributed by atoms with Crippen LogP contribution in [0.3, 0.4) is 0 Å². The molecule has 136 valence electrons. The van der Waals surface area contributed by atoms with E-state index in [1.54, 1.807) is 0 Å². The first-order valence-corrected chi connectivity index (χ1v) is 8.81. The first-order valence-electron chi connectivity index (χ1n) is 8.81. The molecule has 5 heteroatoms. The third kappa shape index (κ3) is 3.62. The van der Waals surface area contributed by atoms with Crippen molar-refractivity contribution in [1.82, 2.24) is 0 Å². The quantitative estimate of drug-likeness (QED) is 0.770. The Labute approximate surface area is 152 Å². The van der Waals surface area contributed by atoms with Gasteiger partial charge in [-0.05, 0) is 73.2 Å². The second kappa shape index (κ2) is 6.90. The van der Waals surface area contributed by atoms with Crippen LogP contribution < -0.4 is 10.6 Å². The highest BCUT2D eigenvalue weighted by Gasteiger charge is 2.56. The van der Waals surface area contributed by atoms with Crippen molar-refractivity contribution in [3.05, 3.63) is 59.4 Å². The Morgan fingerprint density at radius 1 is 0.962 bits per heavy atom. The molecule has 2 amide bonds. The lowest BCUT2D eigenvalue weighted by Crippen LogP contribution is -2.35. The smallest absolute Gasteiger partial charge is 0.240 e. The molecule has 1 aliphatic carbocycles. The fourth-order valence-electron chi connectivity index (χ4n) is 3.12. The van der Waals surface area contributed by atoms with Crippen molar-refractivity contribution in [2.75, 3.05) is 10.6 Å². The summed E-state index contributed by atoms with van der Waals surface area (Å²) >= 11 is 0. The molecule has 3 rings (SSSR count). The lowest BCUT2D eigenvalue weighted by Gasteiger charge is -2.17. The Hall–Kier alpha value is -2.69. The monoisotopic (exact) mass is 354 g/mol. The van der Waals surface area contributed by atoms with Crippen LogP contribution in [0.25, 0.3) is 0 Å². The van der Waals surface area contributed by atoms with Gasteiger partial charge in [-0.15, -0.1) is 0 Å². The summed E-state index contributed by atoms with van der Waals surface area (Å²) < 4.78 is 13.0. The highest BCUT2D eigenvalue weighted by Crippen LogP contribution is 2.47. The number of amides is 2. The number of anilines is 2. The predicted molar refractivity (Wildman–Crippen MR) is 101 cm³/mol. The molecule has 0 atom stereocenters. The molecule has 0 unspecified atom stereocenters. The van der Waals surface area contributed by atoms with Gasteiger partial charge < -0.3 is 10.6 Å². The summed E-state index contributed by atoms with van der Waals surface area (Å²) in [7, 11) is 0. The zero-order valence-corrected chi connectivity index (χ0v) is 15.2. The van der Waals surface area contributed by atoms with Gasteiger partial charge in [-0.2, -0.15) is 0 Å². The van der Waals surface area contributed by atoms with Crippen LogP contribution in [0, 0.1) is 18.2 Å². The normalized spacial score (nSPS) is 14.8. The number of aryl methyl sites for hydroxylation is 1. The van der Waals surface area contributed by atoms with Gasteiger partial charge in [-0.3, -0.25) is 9.59 Å². The van der Waals surface area contributed by atoms with E-state index in [2.05, 4.69) is 24.5 Å². The minimum Gasteiger partial charge on any atom is -0.325 e. The van der Waals surface area contributed by atoms with Crippen LogP contribution in [0.1, 0.15) is 43.7 Å². The molecule has 2 N–H and O–H groups in total. The number of hydrogen-bond acceptors (Lipinski definition) is 2. The van der Waals surface area contributed by atoms with E-state index in [1.807, 2.05) is 25.1 Å². The lowest BCUT2D eigenvalue weighted by molar-refractivity contribution is -0.131. The Kier molecular flexibility index (Phi) is 4.81. The van der Waals surface area contributed by atoms with Crippen molar-refractivity contribution in [1.29, 1.82) is 0 Å². The van der Waals surface area contributed by atoms with E-state index in [1.165, 1.54) is 29.8 Å². The first kappa shape index (κ1) is 18.1. The molecule has 2 aromatic rings. The maximum Gasteiger partial charge on any atom is 0.240 e. The van der Waals surface area contributed by atoms with Crippen molar-refractivity contribution < 1.29 is 14.0 Å². The zero-order chi connectivity index (χ0) is 18.9. The van der Waals surface area contributed by atoms with Crippen LogP contribution >= 0.6 is 0 Å². The van der Waals surface area contributed by atoms with E-state index in [4.69, 9.17) is 0 Å². The highest BCUT2D eigenvalue weighted by molar-refractivity contribution is 6.16. The number of carbonyl (C=O) groups is 2. The molecular weight excluding hydrogens is 331 g/mol. The lowest BCUT2D eigenvalue weighted by atomic mass is 9.97. The summed E-state index contributed by atoms with van der Waals surface area (Å²) in [5.74, 6) is -0.607. The summed E-state index contributed by atoms with van der Waals surface area (Å²) in [4.78, 5) is 25.2. The minimum atomic E-state index is -1.04. The van der Waals surface area contributed by atoms with E-state index in [9.17, 15) is 14.0 Å². The molecule has 0 spiro atoms. The van der Waals surface area contributed by atoms with Gasteiger partial charge in [-0.1, -0.05) is 19.9 Å². The third-order valence-corrected chi connectivity index (χ3v) is 4.87. The molecule has 0 bridgehead atoms. The molecule has 0 radical (unpaired) electrons. The first-order chi connectivity index (χ1) is 12.3. The van der Waals surface area contributed by atoms with Gasteiger partial charge in [0, 0.05) is 11.4 Å². The average Bonchev–Trinajstić information content (AvgIpc) is 3.38. The number of benzene rings is 2. The van der Waals surface area contributed by atoms with Gasteiger partial charge in [0.25, 0.3) is 0 Å². The molecule has 2 aromatic carbocycles. The maximum atomic E-state index is 13.0. The minimum absolute atomic E-state index is 0.297. The number of rotatable bonds is 5. The summed E-state index contributed by atoms with van der Waals surface area (Å²) in [5.41, 5.74) is 2.47. The molecule has 0 aliphatic heterocycles. The van der Waals surface area contributed by atoms with Gasteiger partial charge in [0.15, 0.2) is 0 Å². The largest absolute Gasteiger partial charge is 0.325 e. The molecular formula is C21H23FN2O2. The van der Waals surface area contributed by atoms with E-state index in [0.29, 0.717) is 30.1 Å². The number of hydrogen-bond donors (Lipinski definition) is 2. The van der Waals surface area contributed by atoms with Crippen molar-refractivity contribution >= 4 is 23.2 Å². The Bertz CT molecular complexity index is 840. The number of halogens is 1. The maximum absolute atomic E-state index is 13.0. The van der Waals surface area contributed by atoms with Gasteiger partial charge in [0.1, 0.15) is 11.2 Å². The SMILES string of the molecule is Cc1cc(NC(=O)C2(C(=O)Nc3ccc(F)cc3)CC2)ccc1C(C)C. The number of nitrogens with one attached hydrogen (secondary N) is 2. The van der Waals surface area contributed by atoms with Gasteiger partial charge in [-0.25, -0.2) is 4.39 Å². The van der Waals surface area contributed by atoms with E-state index in [-0.39, 0.29) is 17.6 Å². The fraction of sp³-hybridized carbons (Fsp3) is 0.333. The molecule has 4 nitrogen and oxygen atoms in total. The fourth-order valence-corrected chi connectivity index (χ4v) is 3.12. The van der Waals surface area contributed by atoms with Crippen molar-refractivity contribution in [3.63, 3.8) is 0 Å². The van der Waals surface area contributed by atoms with Crippen LogP contribution in [0.4, 0.5) is 15.8 Å². The third-order valence-electron chi connectivity index (χ3n) is 4.87. The van der Waals surface area contributed by atoms with Crippen molar-refractivity contribution in [3.8, 4) is 0 Å². The Morgan fingerprint density at radius 3 is 2.00 bits per heavy atom. The van der Waals surface area contributed by atoms with Crippen LogP contribution in [-0.2, 0) is 9.59 Å². The topological polar surface area (TPSA) is 58.2 Å². The molecule has 1 fully saturated rings. The second-order valence-electron chi connectivity index (χ2n) is 7.22. The second-order valence-corrected chi connectivity index (χ2v) is 7.22. The Balaban J connectivity index is 1.69. The summed E-state index contributed by atoms with van der Waals surface area (Å²) in [5, 5.41) is 5.58. The average molecular weight is 354 g/mol. The molecule has 0 saturated heterocycles. The van der Waals surface area contributed by atoms with E-state index in [0.717, 1.165) is 5.56 Å². The molecule has 0 aromatic heterocycles. The summed E-state index contributed by atoms with van der Waals surface area (Å²) in [6, 6.07) is 11.3. The predicted octanol–water partition coefficient (Wildman–Crippen LogP) is 4.61. The van der Waals surface area contributed by atoms with E-state index < -0.39 is 5.41 Å². The van der Waals surface area contributed by atoms with E-state index >= 15 is 0 Å². The molecule has 26 heavy (non-hydrogen) atoms. The Morgan fingerprint density at radius 2 is 1.50 bits per heavy atom. The van der Waals surface area contributed by atoms with Crippen LogP contribution in [0.15, 0.2) is 42.5 Å². The highest BCUT2D eigenvalue weighted by atomic mass is 19.1.